The minimum absolute atomic E-state index is 0.0146. The van der Waals surface area contributed by atoms with Crippen molar-refractivity contribution in [1.29, 1.82) is 0 Å². The summed E-state index contributed by atoms with van der Waals surface area (Å²) >= 11 is 0. The summed E-state index contributed by atoms with van der Waals surface area (Å²) in [5.41, 5.74) is 7.60. The summed E-state index contributed by atoms with van der Waals surface area (Å²) < 4.78 is 5.42. The first-order valence-corrected chi connectivity index (χ1v) is 8.12. The van der Waals surface area contributed by atoms with Crippen molar-refractivity contribution in [3.8, 4) is 0 Å². The van der Waals surface area contributed by atoms with Crippen LogP contribution in [0.5, 0.6) is 0 Å². The average molecular weight is 320 g/mol. The second-order valence-corrected chi connectivity index (χ2v) is 7.15. The van der Waals surface area contributed by atoms with Gasteiger partial charge in [0.1, 0.15) is 11.4 Å². The fourth-order valence-electron chi connectivity index (χ4n) is 2.60. The van der Waals surface area contributed by atoms with Gasteiger partial charge in [-0.15, -0.1) is 0 Å². The largest absolute Gasteiger partial charge is 0.444 e. The minimum Gasteiger partial charge on any atom is -0.444 e. The molecular formula is C17H28N4O2. The van der Waals surface area contributed by atoms with Gasteiger partial charge in [0.2, 0.25) is 0 Å². The molecule has 128 valence electrons. The van der Waals surface area contributed by atoms with Crippen molar-refractivity contribution >= 4 is 11.9 Å². The maximum atomic E-state index is 12.1. The predicted octanol–water partition coefficient (Wildman–Crippen LogP) is 2.47. The van der Waals surface area contributed by atoms with Gasteiger partial charge in [-0.25, -0.2) is 9.78 Å². The molecule has 1 fully saturated rings. The molecule has 6 nitrogen and oxygen atoms in total. The van der Waals surface area contributed by atoms with Crippen molar-refractivity contribution in [2.45, 2.75) is 46.3 Å². The number of pyridine rings is 1. The van der Waals surface area contributed by atoms with E-state index < -0.39 is 5.60 Å². The van der Waals surface area contributed by atoms with Crippen molar-refractivity contribution in [2.24, 2.45) is 5.73 Å². The lowest BCUT2D eigenvalue weighted by molar-refractivity contribution is 0.0240. The molecule has 6 heteroatoms. The Morgan fingerprint density at radius 3 is 2.39 bits per heavy atom. The van der Waals surface area contributed by atoms with Gasteiger partial charge in [-0.3, -0.25) is 0 Å². The second kappa shape index (κ2) is 6.74. The molecule has 1 amide bonds. The maximum Gasteiger partial charge on any atom is 0.410 e. The number of amides is 1. The molecule has 1 aromatic rings. The molecule has 2 heterocycles. The van der Waals surface area contributed by atoms with E-state index in [1.54, 1.807) is 4.90 Å². The van der Waals surface area contributed by atoms with Crippen LogP contribution in [-0.2, 0) is 4.74 Å². The van der Waals surface area contributed by atoms with Crippen LogP contribution < -0.4 is 10.6 Å². The molecule has 1 aromatic heterocycles. The Morgan fingerprint density at radius 1 is 1.30 bits per heavy atom. The standard InChI is InChI=1S/C17H28N4O2/c1-12-10-14(13(2)18)11-19-15(12)20-6-8-21(9-7-20)16(22)23-17(3,4)5/h10-11,13H,6-9,18H2,1-5H3/t13-/m1/s1. The number of aromatic nitrogens is 1. The van der Waals surface area contributed by atoms with Crippen LogP contribution in [-0.4, -0.2) is 47.8 Å². The summed E-state index contributed by atoms with van der Waals surface area (Å²) in [5.74, 6) is 0.971. The molecule has 1 aliphatic rings. The molecular weight excluding hydrogens is 292 g/mol. The molecule has 0 saturated carbocycles. The van der Waals surface area contributed by atoms with Crippen LogP contribution in [0.4, 0.5) is 10.6 Å². The van der Waals surface area contributed by atoms with Gasteiger partial charge in [0.15, 0.2) is 0 Å². The summed E-state index contributed by atoms with van der Waals surface area (Å²) in [4.78, 5) is 20.6. The van der Waals surface area contributed by atoms with Crippen LogP contribution >= 0.6 is 0 Å². The number of carbonyl (C=O) groups is 1. The van der Waals surface area contributed by atoms with Crippen LogP contribution in [0.15, 0.2) is 12.3 Å². The summed E-state index contributed by atoms with van der Waals surface area (Å²) in [7, 11) is 0. The Hall–Kier alpha value is -1.82. The van der Waals surface area contributed by atoms with Gasteiger partial charge in [-0.2, -0.15) is 0 Å². The van der Waals surface area contributed by atoms with E-state index in [1.165, 1.54) is 0 Å². The van der Waals surface area contributed by atoms with Gasteiger partial charge in [-0.1, -0.05) is 0 Å². The van der Waals surface area contributed by atoms with E-state index in [0.717, 1.165) is 30.0 Å². The lowest BCUT2D eigenvalue weighted by Crippen LogP contribution is -2.50. The van der Waals surface area contributed by atoms with Gasteiger partial charge in [-0.05, 0) is 51.8 Å². The molecule has 0 unspecified atom stereocenters. The second-order valence-electron chi connectivity index (χ2n) is 7.15. The van der Waals surface area contributed by atoms with Crippen LogP contribution in [0.3, 0.4) is 0 Å². The van der Waals surface area contributed by atoms with Gasteiger partial charge in [0, 0.05) is 38.4 Å². The van der Waals surface area contributed by atoms with Crippen LogP contribution in [0.1, 0.15) is 44.9 Å². The number of rotatable bonds is 2. The molecule has 0 spiro atoms. The third-order valence-electron chi connectivity index (χ3n) is 3.83. The van der Waals surface area contributed by atoms with E-state index in [0.29, 0.717) is 13.1 Å². The Labute approximate surface area is 138 Å². The predicted molar refractivity (Wildman–Crippen MR) is 91.6 cm³/mol. The highest BCUT2D eigenvalue weighted by Gasteiger charge is 2.26. The van der Waals surface area contributed by atoms with Crippen LogP contribution in [0.25, 0.3) is 0 Å². The molecule has 1 atom stereocenters. The SMILES string of the molecule is Cc1cc([C@@H](C)N)cnc1N1CCN(C(=O)OC(C)(C)C)CC1. The quantitative estimate of drug-likeness (QED) is 0.906. The minimum atomic E-state index is -0.457. The van der Waals surface area contributed by atoms with E-state index in [1.807, 2.05) is 33.9 Å². The van der Waals surface area contributed by atoms with Gasteiger partial charge < -0.3 is 20.3 Å². The number of aryl methyl sites for hydroxylation is 1. The first-order valence-electron chi connectivity index (χ1n) is 8.12. The maximum absolute atomic E-state index is 12.1. The highest BCUT2D eigenvalue weighted by Crippen LogP contribution is 2.22. The number of piperazine rings is 1. The molecule has 1 aliphatic heterocycles. The zero-order valence-electron chi connectivity index (χ0n) is 14.8. The fourth-order valence-corrected chi connectivity index (χ4v) is 2.60. The van der Waals surface area contributed by atoms with Crippen molar-refractivity contribution < 1.29 is 9.53 Å². The van der Waals surface area contributed by atoms with Gasteiger partial charge >= 0.3 is 6.09 Å². The lowest BCUT2D eigenvalue weighted by atomic mass is 10.1. The normalized spacial score (nSPS) is 17.1. The number of anilines is 1. The number of nitrogens with zero attached hydrogens (tertiary/aromatic N) is 3. The molecule has 0 aliphatic carbocycles. The van der Waals surface area contributed by atoms with E-state index >= 15 is 0 Å². The number of carbonyl (C=O) groups excluding carboxylic acids is 1. The Bertz CT molecular complexity index is 558. The van der Waals surface area contributed by atoms with Crippen molar-refractivity contribution in [3.63, 3.8) is 0 Å². The topological polar surface area (TPSA) is 71.7 Å². The lowest BCUT2D eigenvalue weighted by Gasteiger charge is -2.36. The number of hydrogen-bond acceptors (Lipinski definition) is 5. The Balaban J connectivity index is 1.98. The monoisotopic (exact) mass is 320 g/mol. The molecule has 2 N–H and O–H groups in total. The first kappa shape index (κ1) is 17.5. The first-order chi connectivity index (χ1) is 10.7. The van der Waals surface area contributed by atoms with Gasteiger partial charge in [0.05, 0.1) is 0 Å². The van der Waals surface area contributed by atoms with Crippen LogP contribution in [0.2, 0.25) is 0 Å². The number of ether oxygens (including phenoxy) is 1. The van der Waals surface area contributed by atoms with E-state index in [-0.39, 0.29) is 12.1 Å². The van der Waals surface area contributed by atoms with Gasteiger partial charge in [0.25, 0.3) is 0 Å². The smallest absolute Gasteiger partial charge is 0.410 e. The Morgan fingerprint density at radius 2 is 1.91 bits per heavy atom. The number of nitrogens with two attached hydrogens (primary N) is 1. The molecule has 0 bridgehead atoms. The molecule has 0 aromatic carbocycles. The summed E-state index contributed by atoms with van der Waals surface area (Å²) in [5, 5.41) is 0. The average Bonchev–Trinajstić information content (AvgIpc) is 2.45. The van der Waals surface area contributed by atoms with Crippen molar-refractivity contribution in [3.05, 3.63) is 23.4 Å². The van der Waals surface area contributed by atoms with E-state index in [9.17, 15) is 4.79 Å². The zero-order valence-corrected chi connectivity index (χ0v) is 14.8. The summed E-state index contributed by atoms with van der Waals surface area (Å²) in [6.45, 7) is 12.5. The zero-order chi connectivity index (χ0) is 17.2. The molecule has 1 saturated heterocycles. The molecule has 0 radical (unpaired) electrons. The van der Waals surface area contributed by atoms with Crippen molar-refractivity contribution in [2.75, 3.05) is 31.1 Å². The van der Waals surface area contributed by atoms with E-state index in [2.05, 4.69) is 22.9 Å². The number of hydrogen-bond donors (Lipinski definition) is 1. The summed E-state index contributed by atoms with van der Waals surface area (Å²) in [6, 6.07) is 2.08. The highest BCUT2D eigenvalue weighted by molar-refractivity contribution is 5.68. The van der Waals surface area contributed by atoms with Crippen molar-refractivity contribution in [1.82, 2.24) is 9.88 Å². The van der Waals surface area contributed by atoms with E-state index in [4.69, 9.17) is 10.5 Å². The van der Waals surface area contributed by atoms with Crippen LogP contribution in [0, 0.1) is 6.92 Å². The third-order valence-corrected chi connectivity index (χ3v) is 3.83. The highest BCUT2D eigenvalue weighted by atomic mass is 16.6. The third kappa shape index (κ3) is 4.58. The molecule has 23 heavy (non-hydrogen) atoms. The molecule has 2 rings (SSSR count). The Kier molecular flexibility index (Phi) is 5.14. The fraction of sp³-hybridized carbons (Fsp3) is 0.647. The summed E-state index contributed by atoms with van der Waals surface area (Å²) in [6.07, 6.45) is 1.60.